The summed E-state index contributed by atoms with van der Waals surface area (Å²) < 4.78 is 0. The van der Waals surface area contributed by atoms with Gasteiger partial charge in [0, 0.05) is 19.4 Å². The Morgan fingerprint density at radius 2 is 1.17 bits per heavy atom. The Morgan fingerprint density at radius 3 is 1.41 bits per heavy atom. The first kappa shape index (κ1) is 27.5. The van der Waals surface area contributed by atoms with Gasteiger partial charge < -0.3 is 5.11 Å². The molecule has 29 heavy (non-hydrogen) atoms. The number of aromatic carboxylic acids is 1. The Kier molecular flexibility index (Phi) is 15.5. The lowest BCUT2D eigenvalue weighted by Crippen LogP contribution is -2.12. The third-order valence-corrected chi connectivity index (χ3v) is 10.3. The molecule has 0 bridgehead atoms. The van der Waals surface area contributed by atoms with Crippen LogP contribution in [0.3, 0.4) is 0 Å². The highest BCUT2D eigenvalue weighted by atomic mass is 31.2. The molecule has 6 heteroatoms. The van der Waals surface area contributed by atoms with Gasteiger partial charge in [-0.2, -0.15) is 0 Å². The number of unbranched alkanes of at least 4 members (excludes halogenated alkanes) is 4. The summed E-state index contributed by atoms with van der Waals surface area (Å²) in [7, 11) is -0.562. The van der Waals surface area contributed by atoms with Crippen LogP contribution in [0.5, 0.6) is 0 Å². The van der Waals surface area contributed by atoms with Crippen molar-refractivity contribution in [2.75, 3.05) is 24.6 Å². The number of nitrogens with zero attached hydrogens (tertiary/aromatic N) is 1. The smallest absolute Gasteiger partial charge is 0.335 e. The largest absolute Gasteiger partial charge is 0.478 e. The summed E-state index contributed by atoms with van der Waals surface area (Å²) in [6, 6.07) is 4.70. The van der Waals surface area contributed by atoms with Gasteiger partial charge >= 0.3 is 5.97 Å². The standard InChI is InChI=1S/C16H36P.C7H5NO4/c1-5-9-13-17(14-10-6-2,15-11-7-3)16-12-8-4;9-7(10)5-1-3-6(4-2-5)8(11)12/h5-16H2,1-4H3;1-4H,(H,9,10)/q+1;. The average molecular weight is 427 g/mol. The van der Waals surface area contributed by atoms with Gasteiger partial charge in [-0.15, -0.1) is 0 Å². The quantitative estimate of drug-likeness (QED) is 0.190. The predicted octanol–water partition coefficient (Wildman–Crippen LogP) is 7.50. The molecule has 1 N–H and O–H groups in total. The first-order valence-corrected chi connectivity index (χ1v) is 13.7. The number of nitro benzene ring substituents is 1. The number of carboxylic acids is 1. The van der Waals surface area contributed by atoms with Crippen molar-refractivity contribution in [1.29, 1.82) is 0 Å². The highest BCUT2D eigenvalue weighted by Gasteiger charge is 2.34. The first-order chi connectivity index (χ1) is 13.9. The molecule has 0 radical (unpaired) electrons. The van der Waals surface area contributed by atoms with Crippen molar-refractivity contribution in [2.45, 2.75) is 79.1 Å². The monoisotopic (exact) mass is 426 g/mol. The minimum Gasteiger partial charge on any atom is -0.478 e. The Bertz CT molecular complexity index is 504. The summed E-state index contributed by atoms with van der Waals surface area (Å²) in [5.41, 5.74) is -0.0689. The van der Waals surface area contributed by atoms with E-state index in [9.17, 15) is 14.9 Å². The Balaban J connectivity index is 0.000000571. The highest BCUT2D eigenvalue weighted by Crippen LogP contribution is 2.61. The van der Waals surface area contributed by atoms with Crippen LogP contribution >= 0.6 is 7.26 Å². The minimum absolute atomic E-state index is 0.0422. The van der Waals surface area contributed by atoms with Crippen LogP contribution in [-0.2, 0) is 0 Å². The van der Waals surface area contributed by atoms with Crippen molar-refractivity contribution >= 4 is 18.9 Å². The van der Waals surface area contributed by atoms with Gasteiger partial charge in [0.05, 0.1) is 35.1 Å². The maximum atomic E-state index is 10.3. The SMILES string of the molecule is CCCC[P+](CCCC)(CCCC)CCCC.O=C(O)c1ccc([N+](=O)[O-])cc1. The minimum atomic E-state index is -1.09. The highest BCUT2D eigenvalue weighted by molar-refractivity contribution is 7.75. The molecule has 1 aromatic carbocycles. The molecule has 0 fully saturated rings. The number of benzene rings is 1. The molecule has 0 saturated heterocycles. The van der Waals surface area contributed by atoms with Gasteiger partial charge in [0.2, 0.25) is 0 Å². The van der Waals surface area contributed by atoms with Gasteiger partial charge in [-0.3, -0.25) is 10.1 Å². The van der Waals surface area contributed by atoms with Gasteiger partial charge in [0.25, 0.3) is 5.69 Å². The van der Waals surface area contributed by atoms with Crippen molar-refractivity contribution in [1.82, 2.24) is 0 Å². The molecule has 0 aliphatic carbocycles. The van der Waals surface area contributed by atoms with Gasteiger partial charge in [0.1, 0.15) is 0 Å². The fourth-order valence-corrected chi connectivity index (χ4v) is 8.66. The molecule has 0 saturated carbocycles. The van der Waals surface area contributed by atoms with E-state index in [1.54, 1.807) is 24.6 Å². The van der Waals surface area contributed by atoms with E-state index in [2.05, 4.69) is 27.7 Å². The first-order valence-electron chi connectivity index (χ1n) is 11.2. The Labute approximate surface area is 177 Å². The molecule has 5 nitrogen and oxygen atoms in total. The Hall–Kier alpha value is -1.48. The lowest BCUT2D eigenvalue weighted by Gasteiger charge is -2.28. The zero-order chi connectivity index (χ0) is 22.1. The number of nitro groups is 1. The third kappa shape index (κ3) is 12.0. The zero-order valence-corrected chi connectivity index (χ0v) is 19.8. The van der Waals surface area contributed by atoms with Crippen molar-refractivity contribution in [3.63, 3.8) is 0 Å². The summed E-state index contributed by atoms with van der Waals surface area (Å²) >= 11 is 0. The number of rotatable bonds is 14. The zero-order valence-electron chi connectivity index (χ0n) is 18.9. The Morgan fingerprint density at radius 1 is 0.828 bits per heavy atom. The van der Waals surface area contributed by atoms with E-state index < -0.39 is 18.2 Å². The molecule has 0 atom stereocenters. The van der Waals surface area contributed by atoms with Gasteiger partial charge in [-0.1, -0.05) is 53.4 Å². The van der Waals surface area contributed by atoms with Crippen LogP contribution in [0.4, 0.5) is 5.69 Å². The normalized spacial score (nSPS) is 10.9. The van der Waals surface area contributed by atoms with E-state index in [4.69, 9.17) is 5.11 Å². The van der Waals surface area contributed by atoms with Crippen LogP contribution in [0.15, 0.2) is 24.3 Å². The molecule has 0 aliphatic rings. The molecule has 166 valence electrons. The maximum Gasteiger partial charge on any atom is 0.335 e. The van der Waals surface area contributed by atoms with E-state index in [0.717, 1.165) is 12.1 Å². The molecule has 0 aliphatic heterocycles. The van der Waals surface area contributed by atoms with Crippen LogP contribution < -0.4 is 0 Å². The summed E-state index contributed by atoms with van der Waals surface area (Å²) in [5, 5.41) is 18.6. The molecule has 1 rings (SSSR count). The summed E-state index contributed by atoms with van der Waals surface area (Å²) in [6.07, 6.45) is 17.9. The summed E-state index contributed by atoms with van der Waals surface area (Å²) in [5.74, 6) is -1.09. The molecule has 0 aromatic heterocycles. The predicted molar refractivity (Wildman–Crippen MR) is 126 cm³/mol. The number of hydrogen-bond donors (Lipinski definition) is 1. The van der Waals surface area contributed by atoms with Crippen molar-refractivity contribution < 1.29 is 14.8 Å². The lowest BCUT2D eigenvalue weighted by molar-refractivity contribution is -0.384. The number of carboxylic acid groups (broad SMARTS) is 1. The van der Waals surface area contributed by atoms with Crippen LogP contribution in [-0.4, -0.2) is 40.6 Å². The number of non-ortho nitro benzene ring substituents is 1. The van der Waals surface area contributed by atoms with Crippen LogP contribution in [0, 0.1) is 10.1 Å². The van der Waals surface area contributed by atoms with Crippen LogP contribution in [0.2, 0.25) is 0 Å². The fourth-order valence-electron chi connectivity index (χ4n) is 3.37. The van der Waals surface area contributed by atoms with Crippen LogP contribution in [0.1, 0.15) is 89.4 Å². The summed E-state index contributed by atoms with van der Waals surface area (Å²) in [4.78, 5) is 19.9. The van der Waals surface area contributed by atoms with E-state index in [1.807, 2.05) is 0 Å². The third-order valence-electron chi connectivity index (χ3n) is 5.27. The second kappa shape index (κ2) is 16.3. The number of hydrogen-bond acceptors (Lipinski definition) is 3. The summed E-state index contributed by atoms with van der Waals surface area (Å²) in [6.45, 7) is 9.42. The van der Waals surface area contributed by atoms with Crippen molar-refractivity contribution in [3.05, 3.63) is 39.9 Å². The molecular weight excluding hydrogens is 385 g/mol. The van der Waals surface area contributed by atoms with E-state index in [0.29, 0.717) is 0 Å². The lowest BCUT2D eigenvalue weighted by atomic mass is 10.2. The maximum absolute atomic E-state index is 10.3. The average Bonchev–Trinajstić information content (AvgIpc) is 2.73. The molecular formula is C23H41NO4P+. The molecule has 0 spiro atoms. The van der Waals surface area contributed by atoms with Crippen molar-refractivity contribution in [3.8, 4) is 0 Å². The number of carbonyl (C=O) groups is 1. The second-order valence-electron chi connectivity index (χ2n) is 7.76. The second-order valence-corrected chi connectivity index (χ2v) is 12.2. The van der Waals surface area contributed by atoms with Crippen LogP contribution in [0.25, 0.3) is 0 Å². The topological polar surface area (TPSA) is 80.4 Å². The van der Waals surface area contributed by atoms with Gasteiger partial charge in [-0.05, 0) is 37.8 Å². The van der Waals surface area contributed by atoms with E-state index in [-0.39, 0.29) is 11.3 Å². The van der Waals surface area contributed by atoms with Gasteiger partial charge in [-0.25, -0.2) is 4.79 Å². The molecule has 1 aromatic rings. The van der Waals surface area contributed by atoms with E-state index >= 15 is 0 Å². The fraction of sp³-hybridized carbons (Fsp3) is 0.696. The molecule has 0 heterocycles. The molecule has 0 amide bonds. The van der Waals surface area contributed by atoms with Gasteiger partial charge in [0.15, 0.2) is 0 Å². The molecule has 0 unspecified atom stereocenters. The van der Waals surface area contributed by atoms with E-state index in [1.165, 1.54) is 63.5 Å². The van der Waals surface area contributed by atoms with Crippen molar-refractivity contribution in [2.24, 2.45) is 0 Å².